The van der Waals surface area contributed by atoms with E-state index in [1.165, 1.54) is 0 Å². The van der Waals surface area contributed by atoms with Crippen LogP contribution < -0.4 is 5.32 Å². The Morgan fingerprint density at radius 1 is 1.03 bits per heavy atom. The summed E-state index contributed by atoms with van der Waals surface area (Å²) in [5.41, 5.74) is 1.12. The number of carboxylic acids is 1. The first-order chi connectivity index (χ1) is 16.5. The van der Waals surface area contributed by atoms with Gasteiger partial charge in [0.15, 0.2) is 0 Å². The number of carboxylic acid groups (broad SMARTS) is 1. The zero-order chi connectivity index (χ0) is 25.3. The molecule has 35 heavy (non-hydrogen) atoms. The number of halogens is 4. The van der Waals surface area contributed by atoms with E-state index in [0.29, 0.717) is 5.56 Å². The molecular weight excluding hydrogens is 479 g/mol. The number of rotatable bonds is 8. The predicted octanol–water partition coefficient (Wildman–Crippen LogP) is 7.38. The van der Waals surface area contributed by atoms with Crippen LogP contribution in [0.3, 0.4) is 0 Å². The Labute approximate surface area is 206 Å². The van der Waals surface area contributed by atoms with E-state index in [-0.39, 0.29) is 34.5 Å². The molecule has 0 heterocycles. The lowest BCUT2D eigenvalue weighted by Gasteiger charge is -2.26. The Morgan fingerprint density at radius 2 is 1.69 bits per heavy atom. The van der Waals surface area contributed by atoms with E-state index in [4.69, 9.17) is 11.6 Å². The first kappa shape index (κ1) is 25.0. The second-order valence-electron chi connectivity index (χ2n) is 9.18. The van der Waals surface area contributed by atoms with Crippen LogP contribution >= 0.6 is 11.6 Å². The fraction of sp³-hybridized carbons (Fsp3) is 0.333. The molecule has 1 aliphatic rings. The summed E-state index contributed by atoms with van der Waals surface area (Å²) in [5, 5.41) is 13.7. The van der Waals surface area contributed by atoms with Crippen molar-refractivity contribution in [2.45, 2.75) is 44.2 Å². The third-order valence-corrected chi connectivity index (χ3v) is 7.02. The molecule has 0 saturated heterocycles. The molecule has 0 aliphatic heterocycles. The van der Waals surface area contributed by atoms with Crippen molar-refractivity contribution in [1.82, 2.24) is 0 Å². The maximum atomic E-state index is 13.8. The number of nitrogens with one attached hydrogen (secondary N) is 1. The summed E-state index contributed by atoms with van der Waals surface area (Å²) in [7, 11) is 0. The van der Waals surface area contributed by atoms with Crippen molar-refractivity contribution in [2.75, 3.05) is 5.32 Å². The van der Waals surface area contributed by atoms with Gasteiger partial charge in [0.25, 0.3) is 0 Å². The van der Waals surface area contributed by atoms with Crippen LogP contribution in [0.25, 0.3) is 10.8 Å². The van der Waals surface area contributed by atoms with E-state index in [1.807, 2.05) is 12.1 Å². The van der Waals surface area contributed by atoms with Crippen molar-refractivity contribution in [2.24, 2.45) is 11.8 Å². The molecule has 4 rings (SSSR count). The van der Waals surface area contributed by atoms with Gasteiger partial charge >= 0.3 is 12.1 Å². The standard InChI is InChI=1S/C27H25ClF3NO3/c1-15(27(29,30)31)25(20-9-6-16-4-2-3-5-18(16)12-20)26(35)32-23-13-19(10-11-22(23)28)21(14-24(33)34)17-7-8-17/h2-6,9-13,15,17,21,25H,7-8,14H2,1H3,(H,32,35)(H,33,34)/t15-,21+,25?/m1/s1. The number of carbonyl (C=O) groups excluding carboxylic acids is 1. The van der Waals surface area contributed by atoms with Gasteiger partial charge in [-0.1, -0.05) is 67.1 Å². The average molecular weight is 504 g/mol. The van der Waals surface area contributed by atoms with Gasteiger partial charge in [0.1, 0.15) is 0 Å². The van der Waals surface area contributed by atoms with E-state index in [1.54, 1.807) is 48.5 Å². The summed E-state index contributed by atoms with van der Waals surface area (Å²) in [5.74, 6) is -5.23. The maximum absolute atomic E-state index is 13.8. The van der Waals surface area contributed by atoms with Gasteiger partial charge < -0.3 is 10.4 Å². The van der Waals surface area contributed by atoms with E-state index in [0.717, 1.165) is 30.5 Å². The van der Waals surface area contributed by atoms with Gasteiger partial charge in [-0.05, 0) is 58.7 Å². The third kappa shape index (κ3) is 5.78. The molecule has 0 spiro atoms. The molecule has 184 valence electrons. The normalized spacial score (nSPS) is 16.5. The fourth-order valence-electron chi connectivity index (χ4n) is 4.58. The number of alkyl halides is 3. The van der Waals surface area contributed by atoms with Gasteiger partial charge in [0.2, 0.25) is 5.91 Å². The molecule has 4 nitrogen and oxygen atoms in total. The number of fused-ring (bicyclic) bond motifs is 1. The minimum absolute atomic E-state index is 0.0650. The Bertz CT molecular complexity index is 1260. The molecule has 0 bridgehead atoms. The van der Waals surface area contributed by atoms with Gasteiger partial charge in [-0.25, -0.2) is 0 Å². The van der Waals surface area contributed by atoms with Crippen LogP contribution in [0.5, 0.6) is 0 Å². The lowest BCUT2D eigenvalue weighted by molar-refractivity contribution is -0.178. The summed E-state index contributed by atoms with van der Waals surface area (Å²) in [4.78, 5) is 24.7. The van der Waals surface area contributed by atoms with Crippen molar-refractivity contribution in [1.29, 1.82) is 0 Å². The van der Waals surface area contributed by atoms with Crippen LogP contribution in [0.1, 0.15) is 49.1 Å². The zero-order valence-corrected chi connectivity index (χ0v) is 19.7. The molecular formula is C27H25ClF3NO3. The van der Waals surface area contributed by atoms with E-state index >= 15 is 0 Å². The minimum atomic E-state index is -4.60. The lowest BCUT2D eigenvalue weighted by Crippen LogP contribution is -2.34. The Morgan fingerprint density at radius 3 is 2.31 bits per heavy atom. The number of anilines is 1. The van der Waals surface area contributed by atoms with Gasteiger partial charge in [-0.2, -0.15) is 13.2 Å². The molecule has 8 heteroatoms. The third-order valence-electron chi connectivity index (χ3n) is 6.69. The fourth-order valence-corrected chi connectivity index (χ4v) is 4.75. The van der Waals surface area contributed by atoms with E-state index < -0.39 is 29.9 Å². The monoisotopic (exact) mass is 503 g/mol. The van der Waals surface area contributed by atoms with Crippen LogP contribution in [0.15, 0.2) is 60.7 Å². The molecule has 1 aliphatic carbocycles. The van der Waals surface area contributed by atoms with Crippen molar-refractivity contribution in [3.8, 4) is 0 Å². The Balaban J connectivity index is 1.68. The number of aliphatic carboxylic acids is 1. The Hall–Kier alpha value is -3.06. The molecule has 2 N–H and O–H groups in total. The molecule has 1 fully saturated rings. The molecule has 1 amide bonds. The van der Waals surface area contributed by atoms with Crippen LogP contribution in [0, 0.1) is 11.8 Å². The van der Waals surface area contributed by atoms with Crippen molar-refractivity contribution in [3.63, 3.8) is 0 Å². The molecule has 1 unspecified atom stereocenters. The minimum Gasteiger partial charge on any atom is -0.481 e. The molecule has 3 aromatic carbocycles. The van der Waals surface area contributed by atoms with Gasteiger partial charge in [0, 0.05) is 0 Å². The highest BCUT2D eigenvalue weighted by molar-refractivity contribution is 6.33. The number of benzene rings is 3. The van der Waals surface area contributed by atoms with Crippen LogP contribution in [0.2, 0.25) is 5.02 Å². The zero-order valence-electron chi connectivity index (χ0n) is 19.0. The van der Waals surface area contributed by atoms with Crippen LogP contribution in [0.4, 0.5) is 18.9 Å². The Kier molecular flexibility index (Phi) is 7.08. The maximum Gasteiger partial charge on any atom is 0.392 e. The first-order valence-corrected chi connectivity index (χ1v) is 11.8. The second-order valence-corrected chi connectivity index (χ2v) is 9.59. The topological polar surface area (TPSA) is 66.4 Å². The van der Waals surface area contributed by atoms with E-state index in [9.17, 15) is 27.9 Å². The number of hydrogen-bond donors (Lipinski definition) is 2. The SMILES string of the molecule is C[C@H](C(C(=O)Nc1cc([C@@H](CC(=O)O)C2CC2)ccc1Cl)c1ccc2ccccc2c1)C(F)(F)F. The van der Waals surface area contributed by atoms with Gasteiger partial charge in [-0.15, -0.1) is 0 Å². The molecule has 0 aromatic heterocycles. The predicted molar refractivity (Wildman–Crippen MR) is 130 cm³/mol. The summed E-state index contributed by atoms with van der Waals surface area (Å²) >= 11 is 6.29. The highest BCUT2D eigenvalue weighted by Crippen LogP contribution is 2.46. The summed E-state index contributed by atoms with van der Waals surface area (Å²) in [6, 6.07) is 16.9. The summed E-state index contributed by atoms with van der Waals surface area (Å²) in [6.45, 7) is 0.994. The van der Waals surface area contributed by atoms with Gasteiger partial charge in [0.05, 0.1) is 29.0 Å². The van der Waals surface area contributed by atoms with Crippen molar-refractivity contribution >= 4 is 39.9 Å². The second kappa shape index (κ2) is 9.90. The lowest BCUT2D eigenvalue weighted by atomic mass is 9.84. The van der Waals surface area contributed by atoms with Crippen molar-refractivity contribution in [3.05, 3.63) is 76.8 Å². The smallest absolute Gasteiger partial charge is 0.392 e. The summed E-state index contributed by atoms with van der Waals surface area (Å²) in [6.07, 6.45) is -2.84. The molecule has 1 saturated carbocycles. The number of amides is 1. The molecule has 3 atom stereocenters. The molecule has 0 radical (unpaired) electrons. The van der Waals surface area contributed by atoms with Crippen LogP contribution in [-0.2, 0) is 9.59 Å². The first-order valence-electron chi connectivity index (χ1n) is 11.4. The highest BCUT2D eigenvalue weighted by Gasteiger charge is 2.45. The summed E-state index contributed by atoms with van der Waals surface area (Å²) < 4.78 is 41.4. The van der Waals surface area contributed by atoms with E-state index in [2.05, 4.69) is 5.32 Å². The molecule has 3 aromatic rings. The number of hydrogen-bond acceptors (Lipinski definition) is 2. The number of carbonyl (C=O) groups is 2. The van der Waals surface area contributed by atoms with Crippen LogP contribution in [-0.4, -0.2) is 23.2 Å². The average Bonchev–Trinajstić information content (AvgIpc) is 3.64. The largest absolute Gasteiger partial charge is 0.481 e. The van der Waals surface area contributed by atoms with Crippen molar-refractivity contribution < 1.29 is 27.9 Å². The van der Waals surface area contributed by atoms with Gasteiger partial charge in [-0.3, -0.25) is 9.59 Å². The highest BCUT2D eigenvalue weighted by atomic mass is 35.5. The quantitative estimate of drug-likeness (QED) is 0.337.